The van der Waals surface area contributed by atoms with Crippen molar-refractivity contribution >= 4 is 27.0 Å². The predicted octanol–water partition coefficient (Wildman–Crippen LogP) is 2.30. The summed E-state index contributed by atoms with van der Waals surface area (Å²) in [7, 11) is -3.74. The van der Waals surface area contributed by atoms with Crippen LogP contribution >= 0.6 is 11.3 Å². The number of benzene rings is 1. The van der Waals surface area contributed by atoms with Gasteiger partial charge in [-0.25, -0.2) is 13.1 Å². The van der Waals surface area contributed by atoms with Crippen molar-refractivity contribution in [1.29, 1.82) is 5.26 Å². The normalized spacial score (nSPS) is 11.3. The van der Waals surface area contributed by atoms with Gasteiger partial charge in [0.05, 0.1) is 10.5 Å². The molecule has 0 unspecified atom stereocenters. The number of hydrogen-bond acceptors (Lipinski definition) is 5. The molecule has 7 heteroatoms. The van der Waals surface area contributed by atoms with Crippen LogP contribution in [0.5, 0.6) is 0 Å². The first-order valence-electron chi connectivity index (χ1n) is 6.18. The summed E-state index contributed by atoms with van der Waals surface area (Å²) in [5.74, 6) is 0. The van der Waals surface area contributed by atoms with Crippen LogP contribution in [0.4, 0.5) is 5.69 Å². The van der Waals surface area contributed by atoms with Gasteiger partial charge in [-0.1, -0.05) is 0 Å². The maximum absolute atomic E-state index is 12.3. The number of thiophene rings is 1. The second kappa shape index (κ2) is 5.85. The number of nitrogens with two attached hydrogens (primary N) is 1. The molecule has 0 fully saturated rings. The Morgan fingerprint density at radius 2 is 2.05 bits per heavy atom. The molecule has 1 aromatic carbocycles. The average molecular weight is 321 g/mol. The fraction of sp³-hybridized carbons (Fsp3) is 0.214. The van der Waals surface area contributed by atoms with Crippen molar-refractivity contribution in [1.82, 2.24) is 4.72 Å². The van der Waals surface area contributed by atoms with E-state index in [9.17, 15) is 8.42 Å². The van der Waals surface area contributed by atoms with Gasteiger partial charge >= 0.3 is 0 Å². The molecule has 0 saturated heterocycles. The van der Waals surface area contributed by atoms with Crippen molar-refractivity contribution < 1.29 is 8.42 Å². The zero-order chi connectivity index (χ0) is 15.6. The van der Waals surface area contributed by atoms with Gasteiger partial charge in [0, 0.05) is 22.0 Å². The summed E-state index contributed by atoms with van der Waals surface area (Å²) in [6.07, 6.45) is 0. The Morgan fingerprint density at radius 3 is 2.62 bits per heavy atom. The Hall–Kier alpha value is -1.88. The molecule has 1 aromatic heterocycles. The van der Waals surface area contributed by atoms with Crippen molar-refractivity contribution in [3.63, 3.8) is 0 Å². The molecule has 0 atom stereocenters. The molecule has 0 aliphatic carbocycles. The molecule has 21 heavy (non-hydrogen) atoms. The van der Waals surface area contributed by atoms with Gasteiger partial charge in [-0.05, 0) is 43.7 Å². The Balaban J connectivity index is 2.25. The number of aryl methyl sites for hydroxylation is 2. The number of anilines is 1. The molecule has 1 heterocycles. The van der Waals surface area contributed by atoms with Crippen molar-refractivity contribution in [3.8, 4) is 6.07 Å². The third-order valence-corrected chi connectivity index (χ3v) is 5.68. The molecule has 0 aliphatic rings. The third-order valence-electron chi connectivity index (χ3n) is 3.07. The minimum absolute atomic E-state index is 0.0426. The largest absolute Gasteiger partial charge is 0.399 e. The summed E-state index contributed by atoms with van der Waals surface area (Å²) in [5, 5.41) is 9.04. The molecule has 2 rings (SSSR count). The van der Waals surface area contributed by atoms with E-state index in [0.717, 1.165) is 15.3 Å². The monoisotopic (exact) mass is 321 g/mol. The molecule has 0 radical (unpaired) electrons. The highest BCUT2D eigenvalue weighted by atomic mass is 32.2. The number of sulfonamides is 1. The van der Waals surface area contributed by atoms with E-state index >= 15 is 0 Å². The summed E-state index contributed by atoms with van der Waals surface area (Å²) in [6.45, 7) is 4.18. The summed E-state index contributed by atoms with van der Waals surface area (Å²) < 4.78 is 27.1. The Morgan fingerprint density at radius 1 is 1.33 bits per heavy atom. The highest BCUT2D eigenvalue weighted by molar-refractivity contribution is 7.89. The highest BCUT2D eigenvalue weighted by Gasteiger charge is 2.19. The molecular formula is C14H15N3O2S2. The number of nitrogen functional groups attached to an aromatic ring is 1. The smallest absolute Gasteiger partial charge is 0.242 e. The topological polar surface area (TPSA) is 96.0 Å². The van der Waals surface area contributed by atoms with Gasteiger partial charge in [0.2, 0.25) is 10.0 Å². The number of hydrogen-bond donors (Lipinski definition) is 2. The molecule has 0 bridgehead atoms. The van der Waals surface area contributed by atoms with Gasteiger partial charge in [0.1, 0.15) is 6.07 Å². The van der Waals surface area contributed by atoms with Crippen LogP contribution in [0.2, 0.25) is 0 Å². The number of rotatable bonds is 4. The molecule has 0 amide bonds. The van der Waals surface area contributed by atoms with Crippen LogP contribution in [0.3, 0.4) is 0 Å². The number of nitrogens with one attached hydrogen (secondary N) is 1. The maximum Gasteiger partial charge on any atom is 0.242 e. The average Bonchev–Trinajstić information content (AvgIpc) is 2.75. The fourth-order valence-electron chi connectivity index (χ4n) is 1.85. The lowest BCUT2D eigenvalue weighted by atomic mass is 10.2. The van der Waals surface area contributed by atoms with Gasteiger partial charge in [0.15, 0.2) is 0 Å². The van der Waals surface area contributed by atoms with E-state index < -0.39 is 10.0 Å². The lowest BCUT2D eigenvalue weighted by Crippen LogP contribution is -2.23. The van der Waals surface area contributed by atoms with E-state index in [1.165, 1.54) is 18.2 Å². The van der Waals surface area contributed by atoms with E-state index in [4.69, 9.17) is 11.0 Å². The maximum atomic E-state index is 12.3. The van der Waals surface area contributed by atoms with Crippen molar-refractivity contribution in [2.75, 3.05) is 5.73 Å². The van der Waals surface area contributed by atoms with Gasteiger partial charge in [-0.2, -0.15) is 5.26 Å². The molecule has 0 saturated carbocycles. The van der Waals surface area contributed by atoms with Crippen LogP contribution in [0.1, 0.15) is 20.9 Å². The predicted molar refractivity (Wildman–Crippen MR) is 83.4 cm³/mol. The molecule has 5 nitrogen and oxygen atoms in total. The Bertz CT molecular complexity index is 798. The van der Waals surface area contributed by atoms with Crippen LogP contribution in [0.15, 0.2) is 29.2 Å². The quantitative estimate of drug-likeness (QED) is 0.845. The Labute approximate surface area is 128 Å². The third kappa shape index (κ3) is 3.42. The van der Waals surface area contributed by atoms with Crippen molar-refractivity contribution in [2.45, 2.75) is 25.3 Å². The van der Waals surface area contributed by atoms with Crippen LogP contribution in [-0.2, 0) is 16.6 Å². The van der Waals surface area contributed by atoms with Crippen LogP contribution < -0.4 is 10.5 Å². The van der Waals surface area contributed by atoms with Gasteiger partial charge < -0.3 is 5.73 Å². The summed E-state index contributed by atoms with van der Waals surface area (Å²) in [4.78, 5) is 2.04. The van der Waals surface area contributed by atoms with Crippen molar-refractivity contribution in [3.05, 3.63) is 45.1 Å². The minimum atomic E-state index is -3.74. The van der Waals surface area contributed by atoms with E-state index in [1.807, 2.05) is 26.0 Å². The fourth-order valence-corrected chi connectivity index (χ4v) is 4.08. The van der Waals surface area contributed by atoms with Crippen LogP contribution in [0.25, 0.3) is 0 Å². The Kier molecular flexibility index (Phi) is 4.32. The zero-order valence-corrected chi connectivity index (χ0v) is 13.3. The van der Waals surface area contributed by atoms with Crippen molar-refractivity contribution in [2.24, 2.45) is 0 Å². The number of nitriles is 1. The van der Waals surface area contributed by atoms with Gasteiger partial charge in [-0.15, -0.1) is 11.3 Å². The van der Waals surface area contributed by atoms with E-state index in [2.05, 4.69) is 4.72 Å². The van der Waals surface area contributed by atoms with Gasteiger partial charge in [0.25, 0.3) is 0 Å². The van der Waals surface area contributed by atoms with E-state index in [1.54, 1.807) is 11.3 Å². The first-order valence-corrected chi connectivity index (χ1v) is 8.48. The van der Waals surface area contributed by atoms with E-state index in [-0.39, 0.29) is 17.0 Å². The lowest BCUT2D eigenvalue weighted by molar-refractivity contribution is 0.581. The van der Waals surface area contributed by atoms with Crippen LogP contribution in [-0.4, -0.2) is 8.42 Å². The van der Waals surface area contributed by atoms with Gasteiger partial charge in [-0.3, -0.25) is 0 Å². The molecule has 0 aliphatic heterocycles. The SMILES string of the molecule is Cc1cc(CNS(=O)(=O)c2ccc(N)cc2C#N)sc1C. The summed E-state index contributed by atoms with van der Waals surface area (Å²) in [5.41, 5.74) is 7.10. The first-order chi connectivity index (χ1) is 9.83. The molecule has 110 valence electrons. The highest BCUT2D eigenvalue weighted by Crippen LogP contribution is 2.22. The summed E-state index contributed by atoms with van der Waals surface area (Å²) >= 11 is 1.55. The van der Waals surface area contributed by atoms with E-state index in [0.29, 0.717) is 5.69 Å². The number of nitrogens with zero attached hydrogens (tertiary/aromatic N) is 1. The lowest BCUT2D eigenvalue weighted by Gasteiger charge is -2.07. The second-order valence-corrected chi connectivity index (χ2v) is 7.72. The molecule has 3 N–H and O–H groups in total. The minimum Gasteiger partial charge on any atom is -0.399 e. The first kappa shape index (κ1) is 15.5. The standard InChI is InChI=1S/C14H15N3O2S2/c1-9-5-13(20-10(9)2)8-17-21(18,19)14-4-3-12(16)6-11(14)7-15/h3-6,17H,8,16H2,1-2H3. The summed E-state index contributed by atoms with van der Waals surface area (Å²) in [6, 6.07) is 7.98. The zero-order valence-electron chi connectivity index (χ0n) is 11.7. The second-order valence-electron chi connectivity index (χ2n) is 4.64. The molecular weight excluding hydrogens is 306 g/mol. The van der Waals surface area contributed by atoms with Crippen LogP contribution in [0, 0.1) is 25.2 Å². The molecule has 2 aromatic rings. The molecule has 0 spiro atoms.